The monoisotopic (exact) mass is 294 g/mol. The number of hydrogen-bond donors (Lipinski definition) is 2. The maximum atomic E-state index is 11.5. The summed E-state index contributed by atoms with van der Waals surface area (Å²) in [6, 6.07) is 5.49. The van der Waals surface area contributed by atoms with Crippen LogP contribution in [0.2, 0.25) is 0 Å². The summed E-state index contributed by atoms with van der Waals surface area (Å²) < 4.78 is 11.5. The van der Waals surface area contributed by atoms with Crippen molar-refractivity contribution < 1.29 is 14.5 Å². The normalized spacial score (nSPS) is 16.7. The molecule has 5 nitrogen and oxygen atoms in total. The molecule has 0 spiro atoms. The van der Waals surface area contributed by atoms with Gasteiger partial charge in [-0.25, -0.2) is 4.79 Å². The Labute approximate surface area is 121 Å². The minimum atomic E-state index is -0.970. The van der Waals surface area contributed by atoms with E-state index in [-0.39, 0.29) is 0 Å². The number of carboxylic acid groups (broad SMARTS) is 1. The number of hydrogen-bond acceptors (Lipinski definition) is 3. The van der Waals surface area contributed by atoms with Crippen LogP contribution in [0.5, 0.6) is 0 Å². The van der Waals surface area contributed by atoms with Gasteiger partial charge >= 0.3 is 6.09 Å². The van der Waals surface area contributed by atoms with Gasteiger partial charge in [0.1, 0.15) is 5.75 Å². The molecule has 108 valence electrons. The molecule has 1 atom stereocenters. The lowest BCUT2D eigenvalue weighted by Gasteiger charge is -2.26. The van der Waals surface area contributed by atoms with Gasteiger partial charge in [-0.15, -0.1) is 0 Å². The molecule has 1 aromatic carbocycles. The molecule has 2 rings (SSSR count). The van der Waals surface area contributed by atoms with Crippen LogP contribution in [0.15, 0.2) is 24.3 Å². The number of anilines is 1. The van der Waals surface area contributed by atoms with Crippen LogP contribution in [-0.2, 0) is 16.9 Å². The summed E-state index contributed by atoms with van der Waals surface area (Å²) in [5.41, 5.74) is 9.22. The first-order chi connectivity index (χ1) is 9.47. The molecule has 1 heterocycles. The van der Waals surface area contributed by atoms with Gasteiger partial charge in [-0.3, -0.25) is 0 Å². The molecule has 1 aromatic rings. The topological polar surface area (TPSA) is 89.6 Å². The van der Waals surface area contributed by atoms with Crippen molar-refractivity contribution in [2.75, 3.05) is 25.1 Å². The second kappa shape index (κ2) is 6.19. The Kier molecular flexibility index (Phi) is 4.57. The molecule has 0 saturated carbocycles. The summed E-state index contributed by atoms with van der Waals surface area (Å²) in [5.74, 6) is 0.421. The van der Waals surface area contributed by atoms with Crippen LogP contribution in [0.25, 0.3) is 5.57 Å². The number of benzene rings is 1. The van der Waals surface area contributed by atoms with Gasteiger partial charge in [0.05, 0.1) is 6.26 Å². The molecule has 0 aliphatic carbocycles. The van der Waals surface area contributed by atoms with Crippen molar-refractivity contribution in [1.82, 2.24) is 4.90 Å². The predicted molar refractivity (Wildman–Crippen MR) is 80.8 cm³/mol. The standard InChI is InChI=1S/C14H18N2O3S/c1-20(19)9-11-7-12(15)4-5-13(11)10-3-2-6-16(8-10)14(17)18/h3-5,7H,2,6,8-9,15H2,1H3,(H,17,18). The van der Waals surface area contributed by atoms with Gasteiger partial charge in [0.15, 0.2) is 0 Å². The van der Waals surface area contributed by atoms with Crippen molar-refractivity contribution in [3.05, 3.63) is 35.4 Å². The summed E-state index contributed by atoms with van der Waals surface area (Å²) >= 11 is -0.970. The van der Waals surface area contributed by atoms with Crippen molar-refractivity contribution in [1.29, 1.82) is 0 Å². The fourth-order valence-corrected chi connectivity index (χ4v) is 3.04. The molecule has 0 aromatic heterocycles. The Balaban J connectivity index is 2.32. The van der Waals surface area contributed by atoms with E-state index in [1.165, 1.54) is 4.90 Å². The lowest BCUT2D eigenvalue weighted by Crippen LogP contribution is -2.34. The van der Waals surface area contributed by atoms with Gasteiger partial charge in [0.2, 0.25) is 0 Å². The van der Waals surface area contributed by atoms with Gasteiger partial charge in [-0.2, -0.15) is 0 Å². The van der Waals surface area contributed by atoms with E-state index in [1.54, 1.807) is 12.3 Å². The number of nitrogen functional groups attached to an aromatic ring is 1. The number of amides is 1. The van der Waals surface area contributed by atoms with Crippen LogP contribution >= 0.6 is 0 Å². The maximum Gasteiger partial charge on any atom is 0.407 e. The third-order valence-electron chi connectivity index (χ3n) is 3.26. The molecule has 6 heteroatoms. The molecule has 3 N–H and O–H groups in total. The Morgan fingerprint density at radius 3 is 2.95 bits per heavy atom. The van der Waals surface area contributed by atoms with Crippen LogP contribution in [0.1, 0.15) is 17.5 Å². The second-order valence-electron chi connectivity index (χ2n) is 4.86. The lowest BCUT2D eigenvalue weighted by molar-refractivity contribution is 0.150. The highest BCUT2D eigenvalue weighted by molar-refractivity contribution is 7.89. The third kappa shape index (κ3) is 3.46. The highest BCUT2D eigenvalue weighted by Gasteiger charge is 2.20. The molecule has 0 radical (unpaired) electrons. The van der Waals surface area contributed by atoms with Crippen LogP contribution in [-0.4, -0.2) is 40.0 Å². The molecule has 1 aliphatic heterocycles. The zero-order valence-corrected chi connectivity index (χ0v) is 12.2. The van der Waals surface area contributed by atoms with E-state index in [9.17, 15) is 9.35 Å². The van der Waals surface area contributed by atoms with Gasteiger partial charge < -0.3 is 20.3 Å². The SMILES string of the molecule is C[S+]([O-])Cc1cc(N)ccc1C1=CCCN(C(=O)O)C1. The maximum absolute atomic E-state index is 11.5. The van der Waals surface area contributed by atoms with E-state index in [0.29, 0.717) is 31.0 Å². The highest BCUT2D eigenvalue weighted by atomic mass is 32.2. The highest BCUT2D eigenvalue weighted by Crippen LogP contribution is 2.27. The summed E-state index contributed by atoms with van der Waals surface area (Å²) in [5, 5.41) is 9.09. The Morgan fingerprint density at radius 2 is 2.30 bits per heavy atom. The van der Waals surface area contributed by atoms with Gasteiger partial charge in [0, 0.05) is 24.3 Å². The van der Waals surface area contributed by atoms with Crippen molar-refractivity contribution in [2.45, 2.75) is 12.2 Å². The Hall–Kier alpha value is -1.66. The molecule has 1 aliphatic rings. The largest absolute Gasteiger partial charge is 0.616 e. The first kappa shape index (κ1) is 14.7. The average Bonchev–Trinajstić information content (AvgIpc) is 2.38. The van der Waals surface area contributed by atoms with E-state index in [2.05, 4.69) is 0 Å². The first-order valence-electron chi connectivity index (χ1n) is 6.33. The summed E-state index contributed by atoms with van der Waals surface area (Å²) in [6.45, 7) is 0.880. The number of nitrogens with zero attached hydrogens (tertiary/aromatic N) is 1. The van der Waals surface area contributed by atoms with E-state index in [1.807, 2.05) is 18.2 Å². The number of nitrogens with two attached hydrogens (primary N) is 1. The van der Waals surface area contributed by atoms with Crippen molar-refractivity contribution >= 4 is 28.5 Å². The fourth-order valence-electron chi connectivity index (χ4n) is 2.37. The van der Waals surface area contributed by atoms with E-state index < -0.39 is 17.3 Å². The summed E-state index contributed by atoms with van der Waals surface area (Å²) in [4.78, 5) is 12.5. The zero-order chi connectivity index (χ0) is 14.7. The average molecular weight is 294 g/mol. The van der Waals surface area contributed by atoms with Crippen molar-refractivity contribution in [3.63, 3.8) is 0 Å². The Bertz CT molecular complexity index is 543. The van der Waals surface area contributed by atoms with Crippen molar-refractivity contribution in [2.24, 2.45) is 0 Å². The fraction of sp³-hybridized carbons (Fsp3) is 0.357. The summed E-state index contributed by atoms with van der Waals surface area (Å²) in [7, 11) is 0. The van der Waals surface area contributed by atoms with Crippen LogP contribution in [0.3, 0.4) is 0 Å². The number of carbonyl (C=O) groups is 1. The van der Waals surface area contributed by atoms with E-state index in [0.717, 1.165) is 16.7 Å². The molecule has 1 amide bonds. The molecular formula is C14H18N2O3S. The molecule has 20 heavy (non-hydrogen) atoms. The quantitative estimate of drug-likeness (QED) is 0.658. The smallest absolute Gasteiger partial charge is 0.407 e. The van der Waals surface area contributed by atoms with Crippen molar-refractivity contribution in [3.8, 4) is 0 Å². The van der Waals surface area contributed by atoms with Crippen LogP contribution < -0.4 is 5.73 Å². The van der Waals surface area contributed by atoms with E-state index in [4.69, 9.17) is 10.8 Å². The number of rotatable bonds is 3. The van der Waals surface area contributed by atoms with Gasteiger partial charge in [0.25, 0.3) is 0 Å². The predicted octanol–water partition coefficient (Wildman–Crippen LogP) is 1.91. The minimum Gasteiger partial charge on any atom is -0.616 e. The molecule has 0 saturated heterocycles. The third-order valence-corrected chi connectivity index (χ3v) is 3.97. The minimum absolute atomic E-state index is 0.364. The molecular weight excluding hydrogens is 276 g/mol. The first-order valence-corrected chi connectivity index (χ1v) is 8.06. The van der Waals surface area contributed by atoms with Crippen LogP contribution in [0.4, 0.5) is 10.5 Å². The molecule has 1 unspecified atom stereocenters. The van der Waals surface area contributed by atoms with Crippen LogP contribution in [0, 0.1) is 0 Å². The van der Waals surface area contributed by atoms with Gasteiger partial charge in [-0.05, 0) is 29.7 Å². The summed E-state index contributed by atoms with van der Waals surface area (Å²) in [6.07, 6.45) is 3.48. The second-order valence-corrected chi connectivity index (χ2v) is 6.29. The zero-order valence-electron chi connectivity index (χ0n) is 11.3. The Morgan fingerprint density at radius 1 is 1.55 bits per heavy atom. The van der Waals surface area contributed by atoms with Gasteiger partial charge in [-0.1, -0.05) is 23.3 Å². The van der Waals surface area contributed by atoms with E-state index >= 15 is 0 Å². The lowest BCUT2D eigenvalue weighted by atomic mass is 9.96. The molecule has 0 fully saturated rings. The molecule has 0 bridgehead atoms.